The number of aryl methyl sites for hydroxylation is 1. The zero-order chi connectivity index (χ0) is 25.9. The molecule has 1 aromatic carbocycles. The highest BCUT2D eigenvalue weighted by Crippen LogP contribution is 2.35. The molecule has 2 aliphatic rings. The highest BCUT2D eigenvalue weighted by molar-refractivity contribution is 5.83. The molecule has 4 rings (SSSR count). The van der Waals surface area contributed by atoms with Gasteiger partial charge in [0.1, 0.15) is 30.0 Å². The second kappa shape index (κ2) is 10.3. The highest BCUT2D eigenvalue weighted by atomic mass is 16.5. The molecule has 1 aromatic heterocycles. The number of rotatable bonds is 8. The van der Waals surface area contributed by atoms with Crippen molar-refractivity contribution in [3.63, 3.8) is 0 Å². The minimum Gasteiger partial charge on any atom is -0.489 e. The topological polar surface area (TPSA) is 94.2 Å². The van der Waals surface area contributed by atoms with Gasteiger partial charge in [0, 0.05) is 24.1 Å². The van der Waals surface area contributed by atoms with Crippen LogP contribution in [0.4, 0.5) is 5.82 Å². The number of hydrogen-bond donors (Lipinski definition) is 1. The fourth-order valence-electron chi connectivity index (χ4n) is 3.97. The number of pyridine rings is 1. The van der Waals surface area contributed by atoms with Crippen molar-refractivity contribution in [2.45, 2.75) is 39.4 Å². The van der Waals surface area contributed by atoms with Crippen molar-refractivity contribution in [3.05, 3.63) is 83.0 Å². The maximum atomic E-state index is 10.1. The summed E-state index contributed by atoms with van der Waals surface area (Å²) in [7, 11) is 0. The Morgan fingerprint density at radius 1 is 1.31 bits per heavy atom. The molecular formula is C28H31N5O3. The fraction of sp³-hybridized carbons (Fsp3) is 0.321. The predicted molar refractivity (Wildman–Crippen MR) is 140 cm³/mol. The number of allylic oxidation sites excluding steroid dienone is 3. The third kappa shape index (κ3) is 5.75. The molecule has 186 valence electrons. The van der Waals surface area contributed by atoms with Crippen molar-refractivity contribution in [1.29, 1.82) is 5.26 Å². The van der Waals surface area contributed by atoms with E-state index < -0.39 is 5.60 Å². The first-order valence-corrected chi connectivity index (χ1v) is 11.8. The van der Waals surface area contributed by atoms with Crippen molar-refractivity contribution in [2.24, 2.45) is 5.10 Å². The van der Waals surface area contributed by atoms with Gasteiger partial charge in [0.05, 0.1) is 42.2 Å². The average molecular weight is 486 g/mol. The van der Waals surface area contributed by atoms with E-state index in [2.05, 4.69) is 40.8 Å². The zero-order valence-electron chi connectivity index (χ0n) is 21.1. The van der Waals surface area contributed by atoms with E-state index in [4.69, 9.17) is 9.47 Å². The zero-order valence-corrected chi connectivity index (χ0v) is 21.1. The summed E-state index contributed by atoms with van der Waals surface area (Å²) >= 11 is 0. The van der Waals surface area contributed by atoms with Crippen LogP contribution >= 0.6 is 0 Å². The maximum Gasteiger partial charge on any atom is 0.138 e. The van der Waals surface area contributed by atoms with Crippen LogP contribution < -0.4 is 9.64 Å². The van der Waals surface area contributed by atoms with Gasteiger partial charge in [0.2, 0.25) is 0 Å². The quantitative estimate of drug-likeness (QED) is 0.437. The first-order chi connectivity index (χ1) is 17.2. The number of nitrogens with zero attached hydrogens (tertiary/aromatic N) is 5. The molecule has 1 N–H and O–H groups in total. The van der Waals surface area contributed by atoms with E-state index in [9.17, 15) is 10.4 Å². The molecule has 0 radical (unpaired) electrons. The van der Waals surface area contributed by atoms with Gasteiger partial charge in [-0.25, -0.2) is 9.99 Å². The fourth-order valence-corrected chi connectivity index (χ4v) is 3.97. The number of ether oxygens (including phenoxy) is 2. The average Bonchev–Trinajstić information content (AvgIpc) is 2.83. The summed E-state index contributed by atoms with van der Waals surface area (Å²) < 4.78 is 11.9. The van der Waals surface area contributed by atoms with E-state index in [0.717, 1.165) is 35.8 Å². The minimum atomic E-state index is -0.999. The molecule has 2 aliphatic heterocycles. The van der Waals surface area contributed by atoms with E-state index >= 15 is 0 Å². The molecule has 8 heteroatoms. The lowest BCUT2D eigenvalue weighted by Gasteiger charge is -2.39. The number of aliphatic hydroxyl groups is 1. The van der Waals surface area contributed by atoms with Crippen molar-refractivity contribution >= 4 is 18.1 Å². The third-order valence-electron chi connectivity index (χ3n) is 5.81. The van der Waals surface area contributed by atoms with Crippen LogP contribution in [0.2, 0.25) is 0 Å². The summed E-state index contributed by atoms with van der Waals surface area (Å²) in [6.07, 6.45) is 5.38. The second-order valence-corrected chi connectivity index (χ2v) is 9.63. The molecule has 0 saturated carbocycles. The number of hydrazone groups is 1. The van der Waals surface area contributed by atoms with Gasteiger partial charge in [0.15, 0.2) is 0 Å². The van der Waals surface area contributed by atoms with Gasteiger partial charge in [-0.05, 0) is 63.6 Å². The van der Waals surface area contributed by atoms with Gasteiger partial charge in [-0.2, -0.15) is 10.4 Å². The molecule has 36 heavy (non-hydrogen) atoms. The largest absolute Gasteiger partial charge is 0.489 e. The summed E-state index contributed by atoms with van der Waals surface area (Å²) in [5, 5.41) is 25.2. The molecular weight excluding hydrogens is 454 g/mol. The van der Waals surface area contributed by atoms with Crippen LogP contribution in [0, 0.1) is 18.3 Å². The highest BCUT2D eigenvalue weighted by Gasteiger charge is 2.30. The molecule has 0 aliphatic carbocycles. The van der Waals surface area contributed by atoms with Crippen LogP contribution in [0.25, 0.3) is 5.57 Å². The number of benzene rings is 1. The van der Waals surface area contributed by atoms with Gasteiger partial charge >= 0.3 is 0 Å². The lowest BCUT2D eigenvalue weighted by Crippen LogP contribution is -2.54. The molecule has 0 amide bonds. The van der Waals surface area contributed by atoms with E-state index in [1.165, 1.54) is 10.6 Å². The van der Waals surface area contributed by atoms with Crippen molar-refractivity contribution < 1.29 is 14.6 Å². The standard InChI is InChI=1S/C28H31N5O3/c1-19-7-6-8-22(11-19)36-24-15-32(16-24)26-10-9-21(14-31-26)25-12-23(35-18-28(3,4)34)17-33(30-5)27(25)20(2)13-29/h6-12,14,17,24,34H,5,15-16,18H2,1-4H3/b27-20+. The lowest BCUT2D eigenvalue weighted by molar-refractivity contribution is 0.00481. The Labute approximate surface area is 212 Å². The Bertz CT molecular complexity index is 1260. The van der Waals surface area contributed by atoms with Crippen LogP contribution in [-0.4, -0.2) is 53.2 Å². The van der Waals surface area contributed by atoms with E-state index in [0.29, 0.717) is 17.0 Å². The van der Waals surface area contributed by atoms with Crippen molar-refractivity contribution in [2.75, 3.05) is 24.6 Å². The number of aromatic nitrogens is 1. The van der Waals surface area contributed by atoms with Crippen LogP contribution in [0.5, 0.6) is 5.75 Å². The molecule has 0 unspecified atom stereocenters. The first kappa shape index (κ1) is 25.0. The summed E-state index contributed by atoms with van der Waals surface area (Å²) in [6, 6.07) is 14.2. The summed E-state index contributed by atoms with van der Waals surface area (Å²) in [4.78, 5) is 6.83. The summed E-state index contributed by atoms with van der Waals surface area (Å²) in [5.74, 6) is 2.24. The molecule has 2 aromatic rings. The Kier molecular flexibility index (Phi) is 7.13. The molecule has 1 saturated heterocycles. The monoisotopic (exact) mass is 485 g/mol. The predicted octanol–water partition coefficient (Wildman–Crippen LogP) is 4.40. The van der Waals surface area contributed by atoms with E-state index in [-0.39, 0.29) is 12.7 Å². The lowest BCUT2D eigenvalue weighted by atomic mass is 9.98. The molecule has 1 fully saturated rings. The summed E-state index contributed by atoms with van der Waals surface area (Å²) in [6.45, 7) is 12.4. The third-order valence-corrected chi connectivity index (χ3v) is 5.81. The van der Waals surface area contributed by atoms with E-state index in [1.54, 1.807) is 33.2 Å². The molecule has 3 heterocycles. The number of anilines is 1. The van der Waals surface area contributed by atoms with Crippen molar-refractivity contribution in [3.8, 4) is 11.8 Å². The normalized spacial score (nSPS) is 17.4. The molecule has 8 nitrogen and oxygen atoms in total. The van der Waals surface area contributed by atoms with Crippen LogP contribution in [0.3, 0.4) is 0 Å². The van der Waals surface area contributed by atoms with Crippen LogP contribution in [-0.2, 0) is 4.74 Å². The first-order valence-electron chi connectivity index (χ1n) is 11.8. The molecule has 0 spiro atoms. The SMILES string of the molecule is C=NN1C=C(OCC(C)(C)O)C=C(c2ccc(N3CC(Oc4cccc(C)c4)C3)nc2)/C1=C(/C)C#N. The van der Waals surface area contributed by atoms with Crippen molar-refractivity contribution in [1.82, 2.24) is 9.99 Å². The van der Waals surface area contributed by atoms with Gasteiger partial charge in [-0.3, -0.25) is 0 Å². The Morgan fingerprint density at radius 3 is 2.69 bits per heavy atom. The van der Waals surface area contributed by atoms with Crippen LogP contribution in [0.1, 0.15) is 31.9 Å². The second-order valence-electron chi connectivity index (χ2n) is 9.63. The maximum absolute atomic E-state index is 10.1. The van der Waals surface area contributed by atoms with Gasteiger partial charge < -0.3 is 19.5 Å². The Morgan fingerprint density at radius 2 is 2.08 bits per heavy atom. The number of nitriles is 1. The Balaban J connectivity index is 1.51. The Hall–Kier alpha value is -4.09. The van der Waals surface area contributed by atoms with Gasteiger partial charge in [0.25, 0.3) is 0 Å². The minimum absolute atomic E-state index is 0.0990. The van der Waals surface area contributed by atoms with E-state index in [1.807, 2.05) is 36.4 Å². The molecule has 0 bridgehead atoms. The molecule has 0 atom stereocenters. The van der Waals surface area contributed by atoms with Crippen LogP contribution in [0.15, 0.2) is 77.0 Å². The van der Waals surface area contributed by atoms with Gasteiger partial charge in [-0.1, -0.05) is 12.1 Å². The smallest absolute Gasteiger partial charge is 0.138 e. The summed E-state index contributed by atoms with van der Waals surface area (Å²) in [5.41, 5.74) is 2.80. The van der Waals surface area contributed by atoms with Gasteiger partial charge in [-0.15, -0.1) is 0 Å². The number of hydrogen-bond acceptors (Lipinski definition) is 8.